The summed E-state index contributed by atoms with van der Waals surface area (Å²) in [7, 11) is 2.08. The van der Waals surface area contributed by atoms with E-state index in [4.69, 9.17) is 10.2 Å². The number of hydrogen-bond acceptors (Lipinski definition) is 3. The summed E-state index contributed by atoms with van der Waals surface area (Å²) in [4.78, 5) is 2.21. The highest BCUT2D eigenvalue weighted by molar-refractivity contribution is 14.1. The molecule has 1 aromatic heterocycles. The summed E-state index contributed by atoms with van der Waals surface area (Å²) in [5, 5.41) is 0. The van der Waals surface area contributed by atoms with Gasteiger partial charge in [0.25, 0.3) is 0 Å². The SMILES string of the molecule is Cc1ccc(CN(C)Cc2cc(N)cc(I)c2)o1. The maximum Gasteiger partial charge on any atom is 0.118 e. The molecule has 3 nitrogen and oxygen atoms in total. The van der Waals surface area contributed by atoms with Crippen molar-refractivity contribution in [1.82, 2.24) is 4.90 Å². The molecule has 0 fully saturated rings. The molecule has 2 N–H and O–H groups in total. The molecule has 0 unspecified atom stereocenters. The van der Waals surface area contributed by atoms with E-state index < -0.39 is 0 Å². The monoisotopic (exact) mass is 356 g/mol. The number of nitrogens with two attached hydrogens (primary N) is 1. The van der Waals surface area contributed by atoms with Crippen LogP contribution in [0.4, 0.5) is 5.69 Å². The van der Waals surface area contributed by atoms with Crippen molar-refractivity contribution in [2.45, 2.75) is 20.0 Å². The summed E-state index contributed by atoms with van der Waals surface area (Å²) in [5.74, 6) is 1.95. The zero-order valence-electron chi connectivity index (χ0n) is 10.6. The van der Waals surface area contributed by atoms with Gasteiger partial charge in [-0.1, -0.05) is 0 Å². The van der Waals surface area contributed by atoms with Crippen LogP contribution >= 0.6 is 22.6 Å². The van der Waals surface area contributed by atoms with Crippen LogP contribution in [-0.2, 0) is 13.1 Å². The Morgan fingerprint density at radius 3 is 2.61 bits per heavy atom. The fourth-order valence-electron chi connectivity index (χ4n) is 1.97. The van der Waals surface area contributed by atoms with Gasteiger partial charge in [-0.25, -0.2) is 0 Å². The quantitative estimate of drug-likeness (QED) is 0.675. The molecule has 0 saturated heterocycles. The second kappa shape index (κ2) is 5.75. The van der Waals surface area contributed by atoms with Crippen molar-refractivity contribution in [2.24, 2.45) is 0 Å². The van der Waals surface area contributed by atoms with Crippen molar-refractivity contribution in [3.63, 3.8) is 0 Å². The minimum absolute atomic E-state index is 0.805. The minimum Gasteiger partial charge on any atom is -0.465 e. The number of anilines is 1. The fourth-order valence-corrected chi connectivity index (χ4v) is 2.73. The van der Waals surface area contributed by atoms with Crippen molar-refractivity contribution >= 4 is 28.3 Å². The number of halogens is 1. The van der Waals surface area contributed by atoms with E-state index in [1.165, 1.54) is 9.13 Å². The van der Waals surface area contributed by atoms with E-state index >= 15 is 0 Å². The number of furan rings is 1. The Kier molecular flexibility index (Phi) is 4.29. The third kappa shape index (κ3) is 3.74. The molecule has 96 valence electrons. The molecule has 4 heteroatoms. The highest BCUT2D eigenvalue weighted by Gasteiger charge is 2.06. The van der Waals surface area contributed by atoms with Crippen molar-refractivity contribution in [3.05, 3.63) is 51.0 Å². The summed E-state index contributed by atoms with van der Waals surface area (Å²) in [6, 6.07) is 10.2. The highest BCUT2D eigenvalue weighted by Crippen LogP contribution is 2.16. The topological polar surface area (TPSA) is 42.4 Å². The van der Waals surface area contributed by atoms with E-state index in [1.54, 1.807) is 0 Å². The van der Waals surface area contributed by atoms with Crippen LogP contribution in [0.25, 0.3) is 0 Å². The van der Waals surface area contributed by atoms with Gasteiger partial charge in [0.15, 0.2) is 0 Å². The van der Waals surface area contributed by atoms with Crippen LogP contribution in [0.2, 0.25) is 0 Å². The van der Waals surface area contributed by atoms with E-state index in [0.29, 0.717) is 0 Å². The lowest BCUT2D eigenvalue weighted by Gasteiger charge is -2.15. The Morgan fingerprint density at radius 1 is 1.22 bits per heavy atom. The van der Waals surface area contributed by atoms with Gasteiger partial charge in [-0.3, -0.25) is 4.90 Å². The lowest BCUT2D eigenvalue weighted by molar-refractivity contribution is 0.285. The molecule has 18 heavy (non-hydrogen) atoms. The van der Waals surface area contributed by atoms with Gasteiger partial charge in [0.2, 0.25) is 0 Å². The van der Waals surface area contributed by atoms with E-state index in [-0.39, 0.29) is 0 Å². The molecular weight excluding hydrogens is 339 g/mol. The molecule has 0 bridgehead atoms. The molecule has 1 heterocycles. The lowest BCUT2D eigenvalue weighted by Crippen LogP contribution is -2.17. The number of nitrogens with zero attached hydrogens (tertiary/aromatic N) is 1. The Bertz CT molecular complexity index is 516. The van der Waals surface area contributed by atoms with Gasteiger partial charge >= 0.3 is 0 Å². The maximum absolute atomic E-state index is 5.85. The normalized spacial score (nSPS) is 11.1. The second-order valence-corrected chi connectivity index (χ2v) is 5.82. The molecular formula is C14H17IN2O. The maximum atomic E-state index is 5.85. The second-order valence-electron chi connectivity index (χ2n) is 4.58. The Morgan fingerprint density at radius 2 is 2.00 bits per heavy atom. The number of aryl methyl sites for hydroxylation is 1. The predicted molar refractivity (Wildman–Crippen MR) is 82.2 cm³/mol. The summed E-state index contributed by atoms with van der Waals surface area (Å²) in [6.07, 6.45) is 0. The molecule has 2 aromatic rings. The number of nitrogen functional groups attached to an aromatic ring is 1. The zero-order valence-corrected chi connectivity index (χ0v) is 12.8. The van der Waals surface area contributed by atoms with Gasteiger partial charge < -0.3 is 10.2 Å². The number of rotatable bonds is 4. The van der Waals surface area contributed by atoms with E-state index in [0.717, 1.165) is 30.3 Å². The first-order chi connectivity index (χ1) is 8.52. The molecule has 0 atom stereocenters. The van der Waals surface area contributed by atoms with E-state index in [9.17, 15) is 0 Å². The van der Waals surface area contributed by atoms with E-state index in [1.807, 2.05) is 31.2 Å². The summed E-state index contributed by atoms with van der Waals surface area (Å²) in [6.45, 7) is 3.63. The molecule has 2 rings (SSSR count). The van der Waals surface area contributed by atoms with Crippen LogP contribution < -0.4 is 5.73 Å². The first-order valence-corrected chi connectivity index (χ1v) is 6.89. The first-order valence-electron chi connectivity index (χ1n) is 5.82. The van der Waals surface area contributed by atoms with Gasteiger partial charge in [0, 0.05) is 15.8 Å². The Hall–Kier alpha value is -1.01. The van der Waals surface area contributed by atoms with Crippen LogP contribution in [0.1, 0.15) is 17.1 Å². The smallest absolute Gasteiger partial charge is 0.118 e. The van der Waals surface area contributed by atoms with Gasteiger partial charge in [-0.05, 0) is 72.5 Å². The molecule has 0 saturated carbocycles. The molecule has 1 aromatic carbocycles. The molecule has 0 amide bonds. The Labute approximate surface area is 121 Å². The first kappa shape index (κ1) is 13.4. The van der Waals surface area contributed by atoms with Crippen molar-refractivity contribution < 1.29 is 4.42 Å². The summed E-state index contributed by atoms with van der Waals surface area (Å²) < 4.78 is 6.74. The zero-order chi connectivity index (χ0) is 13.1. The van der Waals surface area contributed by atoms with Gasteiger partial charge in [-0.15, -0.1) is 0 Å². The minimum atomic E-state index is 0.805. The van der Waals surface area contributed by atoms with Crippen molar-refractivity contribution in [1.29, 1.82) is 0 Å². The highest BCUT2D eigenvalue weighted by atomic mass is 127. The van der Waals surface area contributed by atoms with Crippen LogP contribution in [0.3, 0.4) is 0 Å². The molecule has 0 aliphatic carbocycles. The largest absolute Gasteiger partial charge is 0.465 e. The predicted octanol–water partition coefficient (Wildman–Crippen LogP) is 3.41. The molecule has 0 spiro atoms. The standard InChI is InChI=1S/C14H17IN2O/c1-10-3-4-14(18-10)9-17(2)8-11-5-12(15)7-13(16)6-11/h3-7H,8-9,16H2,1-2H3. The summed E-state index contributed by atoms with van der Waals surface area (Å²) >= 11 is 2.29. The number of hydrogen-bond donors (Lipinski definition) is 1. The van der Waals surface area contributed by atoms with Crippen molar-refractivity contribution in [2.75, 3.05) is 12.8 Å². The van der Waals surface area contributed by atoms with Gasteiger partial charge in [-0.2, -0.15) is 0 Å². The molecule has 0 aliphatic rings. The van der Waals surface area contributed by atoms with Crippen LogP contribution in [0.5, 0.6) is 0 Å². The number of benzene rings is 1. The van der Waals surface area contributed by atoms with Gasteiger partial charge in [0.05, 0.1) is 6.54 Å². The summed E-state index contributed by atoms with van der Waals surface area (Å²) in [5.41, 5.74) is 7.89. The fraction of sp³-hybridized carbons (Fsp3) is 0.286. The van der Waals surface area contributed by atoms with Crippen molar-refractivity contribution in [3.8, 4) is 0 Å². The van der Waals surface area contributed by atoms with Crippen LogP contribution in [-0.4, -0.2) is 11.9 Å². The average Bonchev–Trinajstić information content (AvgIpc) is 2.61. The van der Waals surface area contributed by atoms with E-state index in [2.05, 4.69) is 40.6 Å². The van der Waals surface area contributed by atoms with Crippen LogP contribution in [0, 0.1) is 10.5 Å². The van der Waals surface area contributed by atoms with Gasteiger partial charge in [0.1, 0.15) is 11.5 Å². The Balaban J connectivity index is 2.00. The third-order valence-corrected chi connectivity index (χ3v) is 3.28. The molecule has 0 radical (unpaired) electrons. The third-order valence-electron chi connectivity index (χ3n) is 2.65. The van der Waals surface area contributed by atoms with Crippen LogP contribution in [0.15, 0.2) is 34.7 Å². The average molecular weight is 356 g/mol. The lowest BCUT2D eigenvalue weighted by atomic mass is 10.2. The molecule has 0 aliphatic heterocycles.